The smallest absolute Gasteiger partial charge is 0.377 e. The van der Waals surface area contributed by atoms with Crippen molar-refractivity contribution < 1.29 is 18.0 Å². The predicted octanol–water partition coefficient (Wildman–Crippen LogP) is 2.75. The summed E-state index contributed by atoms with van der Waals surface area (Å²) in [6.07, 6.45) is 9.26. The topological polar surface area (TPSA) is 40.2 Å². The molecule has 2 aliphatic rings. The molecule has 0 aromatic carbocycles. The standard InChI is InChI=1S/C13H26O4Si/c1-14-18(15-2,16-3)11-7-6-10-13-9-5-4-8-12(13)17-13/h12H,4-11H2,1-3H3. The Morgan fingerprint density at radius 1 is 1.11 bits per heavy atom. The van der Waals surface area contributed by atoms with Crippen molar-refractivity contribution in [3.63, 3.8) is 0 Å². The summed E-state index contributed by atoms with van der Waals surface area (Å²) in [5.74, 6) is 0. The van der Waals surface area contributed by atoms with Gasteiger partial charge in [-0.1, -0.05) is 19.3 Å². The van der Waals surface area contributed by atoms with Gasteiger partial charge < -0.3 is 18.0 Å². The van der Waals surface area contributed by atoms with Crippen molar-refractivity contribution in [2.24, 2.45) is 0 Å². The summed E-state index contributed by atoms with van der Waals surface area (Å²) in [6.45, 7) is 0. The first-order valence-corrected chi connectivity index (χ1v) is 8.97. The summed E-state index contributed by atoms with van der Waals surface area (Å²) in [6, 6.07) is 0.900. The molecule has 0 radical (unpaired) electrons. The fourth-order valence-electron chi connectivity index (χ4n) is 3.21. The minimum Gasteiger partial charge on any atom is -0.377 e. The average Bonchev–Trinajstić information content (AvgIpc) is 3.14. The van der Waals surface area contributed by atoms with E-state index in [9.17, 15) is 0 Å². The van der Waals surface area contributed by atoms with Crippen LogP contribution >= 0.6 is 0 Å². The molecule has 2 atom stereocenters. The lowest BCUT2D eigenvalue weighted by Crippen LogP contribution is -2.42. The van der Waals surface area contributed by atoms with Crippen LogP contribution in [0.1, 0.15) is 44.9 Å². The molecule has 1 saturated heterocycles. The highest BCUT2D eigenvalue weighted by molar-refractivity contribution is 6.60. The molecule has 4 nitrogen and oxygen atoms in total. The normalized spacial score (nSPS) is 31.2. The molecular weight excluding hydrogens is 248 g/mol. The minimum absolute atomic E-state index is 0.260. The lowest BCUT2D eigenvalue weighted by atomic mass is 9.85. The highest BCUT2D eigenvalue weighted by atomic mass is 28.4. The van der Waals surface area contributed by atoms with E-state index in [0.717, 1.165) is 12.5 Å². The van der Waals surface area contributed by atoms with Crippen molar-refractivity contribution in [3.05, 3.63) is 0 Å². The molecule has 0 aromatic rings. The van der Waals surface area contributed by atoms with Gasteiger partial charge in [0.2, 0.25) is 0 Å². The van der Waals surface area contributed by atoms with Crippen molar-refractivity contribution in [2.75, 3.05) is 21.3 Å². The van der Waals surface area contributed by atoms with Crippen LogP contribution in [0, 0.1) is 0 Å². The zero-order valence-corrected chi connectivity index (χ0v) is 12.9. The zero-order valence-electron chi connectivity index (χ0n) is 11.9. The first-order chi connectivity index (χ1) is 8.70. The first-order valence-electron chi connectivity index (χ1n) is 7.03. The summed E-state index contributed by atoms with van der Waals surface area (Å²) < 4.78 is 22.2. The molecule has 0 bridgehead atoms. The number of hydrogen-bond donors (Lipinski definition) is 0. The Balaban J connectivity index is 1.67. The van der Waals surface area contributed by atoms with Gasteiger partial charge in [-0.2, -0.15) is 0 Å². The largest absolute Gasteiger partial charge is 0.500 e. The number of epoxide rings is 1. The Bertz CT molecular complexity index is 261. The Morgan fingerprint density at radius 3 is 2.44 bits per heavy atom. The highest BCUT2D eigenvalue weighted by Gasteiger charge is 2.56. The second-order valence-electron chi connectivity index (χ2n) is 5.42. The van der Waals surface area contributed by atoms with E-state index in [2.05, 4.69) is 0 Å². The van der Waals surface area contributed by atoms with Gasteiger partial charge in [0.25, 0.3) is 0 Å². The molecule has 18 heavy (non-hydrogen) atoms. The maximum absolute atomic E-state index is 5.89. The third-order valence-electron chi connectivity index (χ3n) is 4.49. The van der Waals surface area contributed by atoms with E-state index in [4.69, 9.17) is 18.0 Å². The van der Waals surface area contributed by atoms with E-state index in [1.54, 1.807) is 21.3 Å². The summed E-state index contributed by atoms with van der Waals surface area (Å²) in [4.78, 5) is 0. The van der Waals surface area contributed by atoms with Gasteiger partial charge in [0, 0.05) is 27.4 Å². The second-order valence-corrected chi connectivity index (χ2v) is 8.51. The van der Waals surface area contributed by atoms with E-state index in [1.165, 1.54) is 38.5 Å². The van der Waals surface area contributed by atoms with Gasteiger partial charge >= 0.3 is 8.80 Å². The molecule has 106 valence electrons. The molecule has 0 aromatic heterocycles. The van der Waals surface area contributed by atoms with Gasteiger partial charge in [0.15, 0.2) is 0 Å². The Hall–Kier alpha value is 0.0569. The third-order valence-corrected chi connectivity index (χ3v) is 7.32. The van der Waals surface area contributed by atoms with Crippen LogP contribution in [0.15, 0.2) is 0 Å². The maximum atomic E-state index is 5.89. The minimum atomic E-state index is -2.36. The van der Waals surface area contributed by atoms with Crippen molar-refractivity contribution in [2.45, 2.75) is 62.7 Å². The van der Waals surface area contributed by atoms with Crippen molar-refractivity contribution >= 4 is 8.80 Å². The van der Waals surface area contributed by atoms with E-state index >= 15 is 0 Å². The molecular formula is C13H26O4Si. The van der Waals surface area contributed by atoms with Crippen LogP contribution < -0.4 is 0 Å². The number of rotatable bonds is 8. The number of fused-ring (bicyclic) bond motifs is 1. The number of ether oxygens (including phenoxy) is 1. The van der Waals surface area contributed by atoms with Crippen LogP contribution in [0.4, 0.5) is 0 Å². The van der Waals surface area contributed by atoms with E-state index < -0.39 is 8.80 Å². The molecule has 0 N–H and O–H groups in total. The van der Waals surface area contributed by atoms with Gasteiger partial charge in [0.1, 0.15) is 0 Å². The summed E-state index contributed by atoms with van der Waals surface area (Å²) in [5.41, 5.74) is 0.260. The molecule has 0 amide bonds. The quantitative estimate of drug-likeness (QED) is 0.388. The van der Waals surface area contributed by atoms with Crippen LogP contribution in [0.3, 0.4) is 0 Å². The van der Waals surface area contributed by atoms with E-state index in [0.29, 0.717) is 6.10 Å². The molecule has 0 spiro atoms. The SMILES string of the molecule is CO[Si](CCCCC12CCCCC1O2)(OC)OC. The van der Waals surface area contributed by atoms with E-state index in [-0.39, 0.29) is 5.60 Å². The highest BCUT2D eigenvalue weighted by Crippen LogP contribution is 2.50. The monoisotopic (exact) mass is 274 g/mol. The van der Waals surface area contributed by atoms with Gasteiger partial charge in [-0.25, -0.2) is 0 Å². The molecule has 5 heteroatoms. The molecule has 1 aliphatic carbocycles. The molecule has 2 rings (SSSR count). The Labute approximate surface area is 111 Å². The van der Waals surface area contributed by atoms with Crippen LogP contribution in [-0.4, -0.2) is 41.8 Å². The van der Waals surface area contributed by atoms with E-state index in [1.807, 2.05) is 0 Å². The van der Waals surface area contributed by atoms with Gasteiger partial charge in [-0.3, -0.25) is 0 Å². The molecule has 2 unspecified atom stereocenters. The van der Waals surface area contributed by atoms with Gasteiger partial charge in [0.05, 0.1) is 11.7 Å². The molecule has 1 heterocycles. The predicted molar refractivity (Wildman–Crippen MR) is 71.5 cm³/mol. The molecule has 2 fully saturated rings. The summed E-state index contributed by atoms with van der Waals surface area (Å²) in [5, 5.41) is 0. The number of unbranched alkanes of at least 4 members (excludes halogenated alkanes) is 1. The zero-order chi connectivity index (χ0) is 13.1. The second kappa shape index (κ2) is 6.01. The lowest BCUT2D eigenvalue weighted by Gasteiger charge is -2.24. The third kappa shape index (κ3) is 2.96. The van der Waals surface area contributed by atoms with Crippen molar-refractivity contribution in [3.8, 4) is 0 Å². The number of hydrogen-bond acceptors (Lipinski definition) is 4. The van der Waals surface area contributed by atoms with Crippen LogP contribution in [0.5, 0.6) is 0 Å². The van der Waals surface area contributed by atoms with Crippen LogP contribution in [0.2, 0.25) is 6.04 Å². The van der Waals surface area contributed by atoms with Crippen molar-refractivity contribution in [1.29, 1.82) is 0 Å². The van der Waals surface area contributed by atoms with Crippen LogP contribution in [-0.2, 0) is 18.0 Å². The Morgan fingerprint density at radius 2 is 1.83 bits per heavy atom. The summed E-state index contributed by atoms with van der Waals surface area (Å²) in [7, 11) is 2.68. The van der Waals surface area contributed by atoms with Crippen LogP contribution in [0.25, 0.3) is 0 Å². The van der Waals surface area contributed by atoms with Gasteiger partial charge in [-0.15, -0.1) is 0 Å². The fraction of sp³-hybridized carbons (Fsp3) is 1.00. The first kappa shape index (κ1) is 14.5. The van der Waals surface area contributed by atoms with Crippen molar-refractivity contribution in [1.82, 2.24) is 0 Å². The Kier molecular flexibility index (Phi) is 4.83. The molecule has 1 saturated carbocycles. The summed E-state index contributed by atoms with van der Waals surface area (Å²) >= 11 is 0. The fourth-order valence-corrected chi connectivity index (χ4v) is 5.01. The lowest BCUT2D eigenvalue weighted by molar-refractivity contribution is 0.122. The molecule has 1 aliphatic heterocycles. The average molecular weight is 274 g/mol. The maximum Gasteiger partial charge on any atom is 0.500 e. The van der Waals surface area contributed by atoms with Gasteiger partial charge in [-0.05, 0) is 25.7 Å².